The molecule has 0 aliphatic heterocycles. The number of halogens is 1. The van der Waals surface area contributed by atoms with Gasteiger partial charge in [0.05, 0.1) is 0 Å². The van der Waals surface area contributed by atoms with E-state index in [4.69, 9.17) is 0 Å². The minimum atomic E-state index is -0.565. The molecule has 0 spiro atoms. The van der Waals surface area contributed by atoms with E-state index in [1.165, 1.54) is 38.5 Å². The number of H-pyrrole nitrogens is 1. The van der Waals surface area contributed by atoms with Gasteiger partial charge in [0.2, 0.25) is 0 Å². The average molecular weight is 269 g/mol. The molecule has 1 aromatic rings. The zero-order chi connectivity index (χ0) is 14.1. The van der Waals surface area contributed by atoms with Crippen LogP contribution in [0.2, 0.25) is 0 Å². The molecule has 0 saturated carbocycles. The maximum absolute atomic E-state index is 13.1. The van der Waals surface area contributed by atoms with E-state index in [0.717, 1.165) is 19.3 Å². The lowest BCUT2D eigenvalue weighted by Gasteiger charge is -2.26. The summed E-state index contributed by atoms with van der Waals surface area (Å²) in [5.41, 5.74) is -0.0796. The lowest BCUT2D eigenvalue weighted by molar-refractivity contribution is 0.347. The summed E-state index contributed by atoms with van der Waals surface area (Å²) >= 11 is 0. The first-order chi connectivity index (χ1) is 9.12. The van der Waals surface area contributed by atoms with Gasteiger partial charge in [0.25, 0.3) is 0 Å². The lowest BCUT2D eigenvalue weighted by atomic mass is 9.79. The Morgan fingerprint density at radius 3 is 2.11 bits per heavy atom. The third-order valence-corrected chi connectivity index (χ3v) is 3.91. The highest BCUT2D eigenvalue weighted by Crippen LogP contribution is 2.33. The number of hydrogen-bond donors (Lipinski definition) is 1. The van der Waals surface area contributed by atoms with E-state index in [0.29, 0.717) is 5.82 Å². The average Bonchev–Trinajstić information content (AvgIpc) is 2.82. The van der Waals surface area contributed by atoms with Crippen molar-refractivity contribution in [1.82, 2.24) is 15.2 Å². The first-order valence-corrected chi connectivity index (χ1v) is 7.70. The highest BCUT2D eigenvalue weighted by molar-refractivity contribution is 5.03. The first-order valence-electron chi connectivity index (χ1n) is 7.70. The molecule has 1 rings (SSSR count). The van der Waals surface area contributed by atoms with Crippen molar-refractivity contribution in [2.24, 2.45) is 0 Å². The van der Waals surface area contributed by atoms with E-state index in [1.54, 1.807) is 0 Å². The molecule has 0 fully saturated rings. The van der Waals surface area contributed by atoms with Crippen LogP contribution in [-0.4, -0.2) is 15.2 Å². The maximum Gasteiger partial charge on any atom is 0.304 e. The second kappa shape index (κ2) is 8.28. The molecule has 3 nitrogen and oxygen atoms in total. The molecule has 0 aliphatic carbocycles. The van der Waals surface area contributed by atoms with Crippen molar-refractivity contribution in [3.63, 3.8) is 0 Å². The molecule has 1 N–H and O–H groups in total. The molecule has 110 valence electrons. The van der Waals surface area contributed by atoms with Gasteiger partial charge in [0.1, 0.15) is 0 Å². The third kappa shape index (κ3) is 5.29. The van der Waals surface area contributed by atoms with Gasteiger partial charge in [-0.3, -0.25) is 0 Å². The predicted octanol–water partition coefficient (Wildman–Crippen LogP) is 4.75. The number of rotatable bonds is 10. The fourth-order valence-electron chi connectivity index (χ4n) is 2.57. The second-order valence-electron chi connectivity index (χ2n) is 5.78. The summed E-state index contributed by atoms with van der Waals surface area (Å²) in [6.45, 7) is 6.59. The fourth-order valence-corrected chi connectivity index (χ4v) is 2.57. The number of aromatic amines is 1. The topological polar surface area (TPSA) is 41.6 Å². The Balaban J connectivity index is 2.60. The summed E-state index contributed by atoms with van der Waals surface area (Å²) in [6.07, 6.45) is 10.0. The van der Waals surface area contributed by atoms with Gasteiger partial charge in [-0.15, -0.1) is 0 Å². The van der Waals surface area contributed by atoms with Crippen molar-refractivity contribution in [3.05, 3.63) is 11.9 Å². The molecular weight excluding hydrogens is 241 g/mol. The molecule has 0 saturated heterocycles. The molecule has 0 aliphatic rings. The number of aromatic nitrogens is 3. The SMILES string of the molecule is CCCCCCC(C)(CCCCC)c1n[nH]c(F)n1. The Kier molecular flexibility index (Phi) is 7.03. The van der Waals surface area contributed by atoms with Crippen LogP contribution >= 0.6 is 0 Å². The summed E-state index contributed by atoms with van der Waals surface area (Å²) in [5, 5.41) is 6.39. The fraction of sp³-hybridized carbons (Fsp3) is 0.867. The van der Waals surface area contributed by atoms with Gasteiger partial charge in [-0.2, -0.15) is 14.5 Å². The van der Waals surface area contributed by atoms with Gasteiger partial charge in [-0.25, -0.2) is 5.10 Å². The van der Waals surface area contributed by atoms with Gasteiger partial charge in [0, 0.05) is 5.41 Å². The van der Waals surface area contributed by atoms with E-state index in [9.17, 15) is 4.39 Å². The van der Waals surface area contributed by atoms with Crippen LogP contribution in [0, 0.1) is 6.08 Å². The maximum atomic E-state index is 13.1. The molecule has 0 amide bonds. The van der Waals surface area contributed by atoms with Gasteiger partial charge in [-0.05, 0) is 12.8 Å². The Morgan fingerprint density at radius 1 is 1.00 bits per heavy atom. The summed E-state index contributed by atoms with van der Waals surface area (Å²) in [5.74, 6) is 0.651. The lowest BCUT2D eigenvalue weighted by Crippen LogP contribution is -2.24. The Morgan fingerprint density at radius 2 is 1.58 bits per heavy atom. The molecule has 4 heteroatoms. The van der Waals surface area contributed by atoms with Crippen LogP contribution in [0.4, 0.5) is 4.39 Å². The van der Waals surface area contributed by atoms with Crippen LogP contribution in [0.1, 0.15) is 84.4 Å². The standard InChI is InChI=1S/C15H28FN3/c1-4-6-8-10-12-15(3,11-9-7-5-2)13-17-14(16)19-18-13/h4-12H2,1-3H3,(H,17,18,19). The molecule has 1 heterocycles. The molecular formula is C15H28FN3. The number of nitrogens with zero attached hydrogens (tertiary/aromatic N) is 2. The van der Waals surface area contributed by atoms with E-state index >= 15 is 0 Å². The van der Waals surface area contributed by atoms with Gasteiger partial charge in [-0.1, -0.05) is 65.7 Å². The highest BCUT2D eigenvalue weighted by Gasteiger charge is 2.30. The number of nitrogens with one attached hydrogen (secondary N) is 1. The summed E-state index contributed by atoms with van der Waals surface area (Å²) < 4.78 is 13.1. The normalized spacial score (nSPS) is 14.5. The van der Waals surface area contributed by atoms with Crippen molar-refractivity contribution in [3.8, 4) is 0 Å². The molecule has 0 radical (unpaired) electrons. The quantitative estimate of drug-likeness (QED) is 0.623. The first kappa shape index (κ1) is 16.1. The van der Waals surface area contributed by atoms with Gasteiger partial charge < -0.3 is 0 Å². The van der Waals surface area contributed by atoms with E-state index in [-0.39, 0.29) is 5.41 Å². The Labute approximate surface area is 116 Å². The minimum absolute atomic E-state index is 0.0796. The number of hydrogen-bond acceptors (Lipinski definition) is 2. The summed E-state index contributed by atoms with van der Waals surface area (Å²) in [4.78, 5) is 3.93. The van der Waals surface area contributed by atoms with Crippen molar-refractivity contribution >= 4 is 0 Å². The summed E-state index contributed by atoms with van der Waals surface area (Å²) in [6, 6.07) is 0. The predicted molar refractivity (Wildman–Crippen MR) is 76.6 cm³/mol. The van der Waals surface area contributed by atoms with Crippen LogP contribution in [0.3, 0.4) is 0 Å². The van der Waals surface area contributed by atoms with Gasteiger partial charge >= 0.3 is 6.08 Å². The smallest absolute Gasteiger partial charge is 0.235 e. The molecule has 1 atom stereocenters. The Hall–Kier alpha value is -0.930. The zero-order valence-electron chi connectivity index (χ0n) is 12.6. The van der Waals surface area contributed by atoms with Crippen LogP contribution in [0.5, 0.6) is 0 Å². The molecule has 0 bridgehead atoms. The zero-order valence-corrected chi connectivity index (χ0v) is 12.6. The highest BCUT2D eigenvalue weighted by atomic mass is 19.1. The van der Waals surface area contributed by atoms with E-state index in [1.807, 2.05) is 0 Å². The van der Waals surface area contributed by atoms with Gasteiger partial charge in [0.15, 0.2) is 5.82 Å². The third-order valence-electron chi connectivity index (χ3n) is 3.91. The van der Waals surface area contributed by atoms with E-state index in [2.05, 4.69) is 36.0 Å². The molecule has 19 heavy (non-hydrogen) atoms. The van der Waals surface area contributed by atoms with Crippen molar-refractivity contribution in [2.75, 3.05) is 0 Å². The van der Waals surface area contributed by atoms with Crippen molar-refractivity contribution in [1.29, 1.82) is 0 Å². The minimum Gasteiger partial charge on any atom is -0.235 e. The molecule has 1 aromatic heterocycles. The second-order valence-corrected chi connectivity index (χ2v) is 5.78. The molecule has 1 unspecified atom stereocenters. The van der Waals surface area contributed by atoms with Crippen LogP contribution in [-0.2, 0) is 5.41 Å². The summed E-state index contributed by atoms with van der Waals surface area (Å²) in [7, 11) is 0. The van der Waals surface area contributed by atoms with Crippen LogP contribution in [0.15, 0.2) is 0 Å². The van der Waals surface area contributed by atoms with Crippen LogP contribution < -0.4 is 0 Å². The largest absolute Gasteiger partial charge is 0.304 e. The monoisotopic (exact) mass is 269 g/mol. The number of unbranched alkanes of at least 4 members (excludes halogenated alkanes) is 5. The van der Waals surface area contributed by atoms with Crippen molar-refractivity contribution in [2.45, 2.75) is 84.0 Å². The molecule has 0 aromatic carbocycles. The van der Waals surface area contributed by atoms with Crippen molar-refractivity contribution < 1.29 is 4.39 Å². The van der Waals surface area contributed by atoms with E-state index < -0.39 is 6.08 Å². The Bertz CT molecular complexity index is 351. The van der Waals surface area contributed by atoms with Crippen LogP contribution in [0.25, 0.3) is 0 Å².